The molecule has 0 spiro atoms. The molecule has 0 radical (unpaired) electrons. The van der Waals surface area contributed by atoms with E-state index in [9.17, 15) is 5.11 Å². The maximum Gasteiger partial charge on any atom is 0.114 e. The lowest BCUT2D eigenvalue weighted by Gasteiger charge is -2.15. The number of hydrogen-bond acceptors (Lipinski definition) is 2. The number of aliphatic hydroxyl groups is 1. The quantitative estimate of drug-likeness (QED) is 0.770. The zero-order valence-corrected chi connectivity index (χ0v) is 8.57. The van der Waals surface area contributed by atoms with E-state index in [0.29, 0.717) is 0 Å². The number of imidazole rings is 1. The molecule has 2 unspecified atom stereocenters. The largest absolute Gasteiger partial charge is 0.393 e. The molecule has 0 bridgehead atoms. The maximum absolute atomic E-state index is 9.43. The second-order valence-corrected chi connectivity index (χ2v) is 3.51. The first-order valence-corrected chi connectivity index (χ1v) is 4.86. The summed E-state index contributed by atoms with van der Waals surface area (Å²) in [5.41, 5.74) is 0. The Bertz CT molecular complexity index is 255. The van der Waals surface area contributed by atoms with E-state index in [1.165, 1.54) is 0 Å². The fourth-order valence-electron chi connectivity index (χ4n) is 1.37. The van der Waals surface area contributed by atoms with Crippen molar-refractivity contribution in [3.63, 3.8) is 0 Å². The summed E-state index contributed by atoms with van der Waals surface area (Å²) in [5, 5.41) is 9.43. The van der Waals surface area contributed by atoms with Gasteiger partial charge in [0.15, 0.2) is 0 Å². The highest BCUT2D eigenvalue weighted by molar-refractivity contribution is 5.00. The van der Waals surface area contributed by atoms with Crippen molar-refractivity contribution in [3.05, 3.63) is 18.2 Å². The smallest absolute Gasteiger partial charge is 0.114 e. The monoisotopic (exact) mass is 182 g/mol. The standard InChI is InChI=1S/C10H18N2O/c1-4-6-12-7-5-11-10(12)8(2)9(3)13/h5,7-9,13H,4,6H2,1-3H3. The molecule has 0 aliphatic carbocycles. The average molecular weight is 182 g/mol. The molecule has 0 aliphatic rings. The van der Waals surface area contributed by atoms with Crippen molar-refractivity contribution in [2.24, 2.45) is 0 Å². The van der Waals surface area contributed by atoms with Gasteiger partial charge in [0.2, 0.25) is 0 Å². The second-order valence-electron chi connectivity index (χ2n) is 3.51. The minimum Gasteiger partial charge on any atom is -0.393 e. The first kappa shape index (κ1) is 10.3. The van der Waals surface area contributed by atoms with Crippen molar-refractivity contribution in [1.82, 2.24) is 9.55 Å². The molecule has 13 heavy (non-hydrogen) atoms. The van der Waals surface area contributed by atoms with E-state index >= 15 is 0 Å². The Morgan fingerprint density at radius 3 is 2.77 bits per heavy atom. The molecule has 0 aliphatic heterocycles. The van der Waals surface area contributed by atoms with E-state index in [1.807, 2.05) is 13.1 Å². The third-order valence-electron chi connectivity index (χ3n) is 2.34. The molecule has 1 aromatic rings. The van der Waals surface area contributed by atoms with Gasteiger partial charge < -0.3 is 9.67 Å². The third kappa shape index (κ3) is 2.31. The van der Waals surface area contributed by atoms with E-state index < -0.39 is 0 Å². The Morgan fingerprint density at radius 2 is 2.23 bits per heavy atom. The molecule has 0 saturated carbocycles. The first-order chi connectivity index (χ1) is 6.16. The maximum atomic E-state index is 9.43. The molecule has 2 atom stereocenters. The van der Waals surface area contributed by atoms with Crippen molar-refractivity contribution < 1.29 is 5.11 Å². The van der Waals surface area contributed by atoms with Gasteiger partial charge >= 0.3 is 0 Å². The van der Waals surface area contributed by atoms with Gasteiger partial charge in [-0.05, 0) is 13.3 Å². The molecule has 1 N–H and O–H groups in total. The first-order valence-electron chi connectivity index (χ1n) is 4.86. The van der Waals surface area contributed by atoms with Crippen LogP contribution in [0.2, 0.25) is 0 Å². The Balaban J connectivity index is 2.80. The number of rotatable bonds is 4. The molecule has 1 aromatic heterocycles. The van der Waals surface area contributed by atoms with Crippen LogP contribution in [0.3, 0.4) is 0 Å². The summed E-state index contributed by atoms with van der Waals surface area (Å²) in [4.78, 5) is 4.26. The second kappa shape index (κ2) is 4.42. The molecule has 0 amide bonds. The number of aliphatic hydroxyl groups excluding tert-OH is 1. The summed E-state index contributed by atoms with van der Waals surface area (Å²) in [7, 11) is 0. The molecule has 0 saturated heterocycles. The Morgan fingerprint density at radius 1 is 1.54 bits per heavy atom. The number of aryl methyl sites for hydroxylation is 1. The Labute approximate surface area is 79.4 Å². The van der Waals surface area contributed by atoms with Gasteiger partial charge in [-0.15, -0.1) is 0 Å². The van der Waals surface area contributed by atoms with Crippen LogP contribution in [0.5, 0.6) is 0 Å². The van der Waals surface area contributed by atoms with Crippen molar-refractivity contribution in [2.45, 2.75) is 45.8 Å². The fraction of sp³-hybridized carbons (Fsp3) is 0.700. The lowest BCUT2D eigenvalue weighted by molar-refractivity contribution is 0.163. The highest BCUT2D eigenvalue weighted by Crippen LogP contribution is 2.17. The van der Waals surface area contributed by atoms with Gasteiger partial charge in [-0.2, -0.15) is 0 Å². The summed E-state index contributed by atoms with van der Waals surface area (Å²) in [6, 6.07) is 0. The molecule has 3 nitrogen and oxygen atoms in total. The molecule has 1 rings (SSSR count). The SMILES string of the molecule is CCCn1ccnc1C(C)C(C)O. The summed E-state index contributed by atoms with van der Waals surface area (Å²) in [5.74, 6) is 1.10. The zero-order valence-electron chi connectivity index (χ0n) is 8.57. The van der Waals surface area contributed by atoms with Crippen molar-refractivity contribution in [3.8, 4) is 0 Å². The predicted octanol–water partition coefficient (Wildman–Crippen LogP) is 1.78. The van der Waals surface area contributed by atoms with Crippen LogP contribution in [0.4, 0.5) is 0 Å². The van der Waals surface area contributed by atoms with E-state index in [-0.39, 0.29) is 12.0 Å². The van der Waals surface area contributed by atoms with E-state index in [4.69, 9.17) is 0 Å². The van der Waals surface area contributed by atoms with Crippen LogP contribution in [0, 0.1) is 0 Å². The average Bonchev–Trinajstić information content (AvgIpc) is 2.52. The lowest BCUT2D eigenvalue weighted by Crippen LogP contribution is -2.16. The summed E-state index contributed by atoms with van der Waals surface area (Å²) < 4.78 is 2.11. The summed E-state index contributed by atoms with van der Waals surface area (Å²) >= 11 is 0. The summed E-state index contributed by atoms with van der Waals surface area (Å²) in [6.45, 7) is 6.91. The molecular weight excluding hydrogens is 164 g/mol. The number of nitrogens with zero attached hydrogens (tertiary/aromatic N) is 2. The number of aromatic nitrogens is 2. The zero-order chi connectivity index (χ0) is 9.84. The predicted molar refractivity (Wildman–Crippen MR) is 52.6 cm³/mol. The minimum atomic E-state index is -0.335. The molecule has 3 heteroatoms. The fourth-order valence-corrected chi connectivity index (χ4v) is 1.37. The summed E-state index contributed by atoms with van der Waals surface area (Å²) in [6.07, 6.45) is 4.52. The Hall–Kier alpha value is -0.830. The number of hydrogen-bond donors (Lipinski definition) is 1. The van der Waals surface area contributed by atoms with E-state index in [2.05, 4.69) is 16.5 Å². The third-order valence-corrected chi connectivity index (χ3v) is 2.34. The van der Waals surface area contributed by atoms with Crippen molar-refractivity contribution >= 4 is 0 Å². The van der Waals surface area contributed by atoms with Crippen LogP contribution in [0.1, 0.15) is 38.9 Å². The van der Waals surface area contributed by atoms with Gasteiger partial charge in [0, 0.05) is 24.9 Å². The van der Waals surface area contributed by atoms with Crippen LogP contribution in [0.15, 0.2) is 12.4 Å². The van der Waals surface area contributed by atoms with Crippen molar-refractivity contribution in [1.29, 1.82) is 0 Å². The minimum absolute atomic E-state index is 0.113. The lowest BCUT2D eigenvalue weighted by atomic mass is 10.1. The van der Waals surface area contributed by atoms with Gasteiger partial charge in [-0.1, -0.05) is 13.8 Å². The van der Waals surface area contributed by atoms with Crippen LogP contribution in [0.25, 0.3) is 0 Å². The molecule has 0 fully saturated rings. The van der Waals surface area contributed by atoms with E-state index in [0.717, 1.165) is 18.8 Å². The molecular formula is C10H18N2O. The highest BCUT2D eigenvalue weighted by Gasteiger charge is 2.16. The Kier molecular flexibility index (Phi) is 3.48. The van der Waals surface area contributed by atoms with Gasteiger partial charge in [0.25, 0.3) is 0 Å². The van der Waals surface area contributed by atoms with Crippen molar-refractivity contribution in [2.75, 3.05) is 0 Å². The van der Waals surface area contributed by atoms with Crippen LogP contribution >= 0.6 is 0 Å². The van der Waals surface area contributed by atoms with Crippen LogP contribution < -0.4 is 0 Å². The van der Waals surface area contributed by atoms with Gasteiger partial charge in [0.05, 0.1) is 6.10 Å². The van der Waals surface area contributed by atoms with E-state index in [1.54, 1.807) is 13.1 Å². The van der Waals surface area contributed by atoms with Gasteiger partial charge in [-0.3, -0.25) is 0 Å². The molecule has 1 heterocycles. The van der Waals surface area contributed by atoms with Gasteiger partial charge in [-0.25, -0.2) is 4.98 Å². The topological polar surface area (TPSA) is 38.0 Å². The highest BCUT2D eigenvalue weighted by atomic mass is 16.3. The molecule has 0 aromatic carbocycles. The normalized spacial score (nSPS) is 15.7. The molecule has 74 valence electrons. The van der Waals surface area contributed by atoms with Gasteiger partial charge in [0.1, 0.15) is 5.82 Å². The van der Waals surface area contributed by atoms with Crippen LogP contribution in [-0.4, -0.2) is 20.8 Å². The van der Waals surface area contributed by atoms with Crippen LogP contribution in [-0.2, 0) is 6.54 Å².